The number of hydrogen-bond acceptors (Lipinski definition) is 6. The summed E-state index contributed by atoms with van der Waals surface area (Å²) in [6, 6.07) is -0.282. The quantitative estimate of drug-likeness (QED) is 0.596. The van der Waals surface area contributed by atoms with Crippen molar-refractivity contribution in [2.24, 2.45) is 17.8 Å². The monoisotopic (exact) mass is 404 g/mol. The third-order valence-corrected chi connectivity index (χ3v) is 5.66. The van der Waals surface area contributed by atoms with Crippen LogP contribution in [0.25, 0.3) is 0 Å². The number of hydrogen-bond donors (Lipinski definition) is 1. The predicted octanol–water partition coefficient (Wildman–Crippen LogP) is 2.46. The van der Waals surface area contributed by atoms with Crippen LogP contribution in [0.4, 0.5) is 8.78 Å². The Morgan fingerprint density at radius 3 is 2.46 bits per heavy atom. The zero-order chi connectivity index (χ0) is 20.7. The molecule has 0 aromatic carbocycles. The third kappa shape index (κ3) is 7.28. The summed E-state index contributed by atoms with van der Waals surface area (Å²) in [6.07, 6.45) is 3.56. The summed E-state index contributed by atoms with van der Waals surface area (Å²) < 4.78 is 37.3. The molecule has 2 fully saturated rings. The number of rotatable bonds is 9. The minimum absolute atomic E-state index is 0.116. The summed E-state index contributed by atoms with van der Waals surface area (Å²) in [5.74, 6) is -2.43. The first-order chi connectivity index (χ1) is 13.2. The summed E-state index contributed by atoms with van der Waals surface area (Å²) in [4.78, 5) is 25.4. The fourth-order valence-electron chi connectivity index (χ4n) is 4.58. The third-order valence-electron chi connectivity index (χ3n) is 5.66. The molecule has 0 aromatic heterocycles. The first-order valence-corrected chi connectivity index (χ1v) is 10.4. The molecule has 1 aliphatic heterocycles. The first kappa shape index (κ1) is 23.0. The lowest BCUT2D eigenvalue weighted by molar-refractivity contribution is -0.148. The van der Waals surface area contributed by atoms with Crippen molar-refractivity contribution in [3.63, 3.8) is 0 Å². The van der Waals surface area contributed by atoms with Gasteiger partial charge in [0.25, 0.3) is 5.92 Å². The second kappa shape index (κ2) is 10.5. The molecule has 2 rings (SSSR count). The molecule has 4 unspecified atom stereocenters. The number of carbonyl (C=O) groups is 2. The van der Waals surface area contributed by atoms with Crippen LogP contribution >= 0.6 is 0 Å². The number of piperidine rings is 1. The summed E-state index contributed by atoms with van der Waals surface area (Å²) in [5, 5.41) is 3.28. The average Bonchev–Trinajstić information content (AvgIpc) is 2.60. The molecule has 1 N–H and O–H groups in total. The highest BCUT2D eigenvalue weighted by atomic mass is 19.3. The zero-order valence-electron chi connectivity index (χ0n) is 17.2. The Labute approximate surface area is 166 Å². The molecule has 0 radical (unpaired) electrons. The van der Waals surface area contributed by atoms with Crippen LogP contribution in [-0.4, -0.2) is 68.2 Å². The van der Waals surface area contributed by atoms with Gasteiger partial charge < -0.3 is 14.8 Å². The molecule has 1 aliphatic carbocycles. The molecular weight excluding hydrogens is 370 g/mol. The van der Waals surface area contributed by atoms with E-state index >= 15 is 0 Å². The Morgan fingerprint density at radius 1 is 1.11 bits per heavy atom. The van der Waals surface area contributed by atoms with E-state index in [4.69, 9.17) is 9.47 Å². The molecule has 0 bridgehead atoms. The molecule has 1 saturated carbocycles. The van der Waals surface area contributed by atoms with Crippen LogP contribution < -0.4 is 5.32 Å². The smallest absolute Gasteiger partial charge is 0.323 e. The normalized spacial score (nSPS) is 27.9. The van der Waals surface area contributed by atoms with Crippen molar-refractivity contribution in [1.82, 2.24) is 10.2 Å². The molecule has 0 spiro atoms. The van der Waals surface area contributed by atoms with Crippen LogP contribution in [0.5, 0.6) is 0 Å². The maximum atomic E-state index is 13.6. The Balaban J connectivity index is 1.94. The first-order valence-electron chi connectivity index (χ1n) is 10.4. The molecule has 0 aromatic rings. The van der Waals surface area contributed by atoms with Crippen molar-refractivity contribution < 1.29 is 27.8 Å². The van der Waals surface area contributed by atoms with E-state index in [1.807, 2.05) is 0 Å². The summed E-state index contributed by atoms with van der Waals surface area (Å²) in [7, 11) is 0. The fraction of sp³-hybridized carbons (Fsp3) is 0.900. The van der Waals surface area contributed by atoms with Crippen molar-refractivity contribution in [3.05, 3.63) is 0 Å². The minimum atomic E-state index is -2.87. The maximum Gasteiger partial charge on any atom is 0.323 e. The number of nitrogens with one attached hydrogen (secondary N) is 1. The van der Waals surface area contributed by atoms with Crippen LogP contribution in [0.3, 0.4) is 0 Å². The Morgan fingerprint density at radius 2 is 1.82 bits per heavy atom. The van der Waals surface area contributed by atoms with Gasteiger partial charge in [-0.1, -0.05) is 0 Å². The van der Waals surface area contributed by atoms with E-state index in [-0.39, 0.29) is 31.1 Å². The molecule has 1 saturated heterocycles. The van der Waals surface area contributed by atoms with Gasteiger partial charge in [0.2, 0.25) is 0 Å². The summed E-state index contributed by atoms with van der Waals surface area (Å²) in [6.45, 7) is 5.64. The van der Waals surface area contributed by atoms with Gasteiger partial charge in [0.05, 0.1) is 26.3 Å². The number of ether oxygens (including phenoxy) is 2. The van der Waals surface area contributed by atoms with Gasteiger partial charge in [-0.05, 0) is 63.8 Å². The number of halogens is 2. The SMILES string of the molecule is CCOC(=O)CN(CC1CCC2CNC(C(=O)OCC)CC2C1)CC(C)(F)F. The van der Waals surface area contributed by atoms with Gasteiger partial charge in [-0.3, -0.25) is 14.5 Å². The largest absolute Gasteiger partial charge is 0.465 e. The minimum Gasteiger partial charge on any atom is -0.465 e. The van der Waals surface area contributed by atoms with E-state index in [0.29, 0.717) is 25.0 Å². The topological polar surface area (TPSA) is 67.9 Å². The average molecular weight is 404 g/mol. The zero-order valence-corrected chi connectivity index (χ0v) is 17.2. The molecule has 1 heterocycles. The van der Waals surface area contributed by atoms with Crippen LogP contribution in [-0.2, 0) is 19.1 Å². The number of nitrogens with zero attached hydrogens (tertiary/aromatic N) is 1. The molecule has 8 heteroatoms. The van der Waals surface area contributed by atoms with Crippen molar-refractivity contribution in [3.8, 4) is 0 Å². The van der Waals surface area contributed by atoms with Crippen molar-refractivity contribution >= 4 is 11.9 Å². The number of carbonyl (C=O) groups excluding carboxylic acids is 2. The fourth-order valence-corrected chi connectivity index (χ4v) is 4.58. The highest BCUT2D eigenvalue weighted by Gasteiger charge is 2.39. The highest BCUT2D eigenvalue weighted by molar-refractivity contribution is 5.76. The van der Waals surface area contributed by atoms with Gasteiger partial charge in [-0.2, -0.15) is 0 Å². The number of fused-ring (bicyclic) bond motifs is 1. The Bertz CT molecular complexity index is 527. The number of alkyl halides is 2. The predicted molar refractivity (Wildman–Crippen MR) is 101 cm³/mol. The van der Waals surface area contributed by atoms with E-state index in [1.54, 1.807) is 13.8 Å². The standard InChI is InChI=1S/C20H34F2N2O4/c1-4-27-18(25)12-24(13-20(3,21)22)11-14-6-7-15-10-23-17(9-16(15)8-14)19(26)28-5-2/h14-17,23H,4-13H2,1-3H3. The lowest BCUT2D eigenvalue weighted by Gasteiger charge is -2.43. The lowest BCUT2D eigenvalue weighted by Crippen LogP contribution is -2.51. The lowest BCUT2D eigenvalue weighted by atomic mass is 9.69. The van der Waals surface area contributed by atoms with Gasteiger partial charge in [0, 0.05) is 13.5 Å². The van der Waals surface area contributed by atoms with Gasteiger partial charge in [0.15, 0.2) is 0 Å². The van der Waals surface area contributed by atoms with Crippen molar-refractivity contribution in [2.45, 2.75) is 58.4 Å². The van der Waals surface area contributed by atoms with Gasteiger partial charge in [-0.15, -0.1) is 0 Å². The Hall–Kier alpha value is -1.28. The van der Waals surface area contributed by atoms with Gasteiger partial charge >= 0.3 is 11.9 Å². The molecule has 0 amide bonds. The molecule has 6 nitrogen and oxygen atoms in total. The van der Waals surface area contributed by atoms with Crippen LogP contribution in [0.15, 0.2) is 0 Å². The highest BCUT2D eigenvalue weighted by Crippen LogP contribution is 2.39. The molecule has 162 valence electrons. The van der Waals surface area contributed by atoms with Crippen LogP contribution in [0, 0.1) is 17.8 Å². The molecule has 28 heavy (non-hydrogen) atoms. The van der Waals surface area contributed by atoms with Gasteiger partial charge in [-0.25, -0.2) is 8.78 Å². The van der Waals surface area contributed by atoms with E-state index in [2.05, 4.69) is 5.32 Å². The summed E-state index contributed by atoms with van der Waals surface area (Å²) in [5.41, 5.74) is 0. The van der Waals surface area contributed by atoms with E-state index in [0.717, 1.165) is 39.2 Å². The van der Waals surface area contributed by atoms with Crippen LogP contribution in [0.2, 0.25) is 0 Å². The molecule has 4 atom stereocenters. The van der Waals surface area contributed by atoms with Crippen LogP contribution in [0.1, 0.15) is 46.5 Å². The molecule has 2 aliphatic rings. The second-order valence-electron chi connectivity index (χ2n) is 8.19. The van der Waals surface area contributed by atoms with E-state index in [9.17, 15) is 18.4 Å². The van der Waals surface area contributed by atoms with Crippen molar-refractivity contribution in [1.29, 1.82) is 0 Å². The second-order valence-corrected chi connectivity index (χ2v) is 8.19. The van der Waals surface area contributed by atoms with Gasteiger partial charge in [0.1, 0.15) is 6.04 Å². The summed E-state index contributed by atoms with van der Waals surface area (Å²) >= 11 is 0. The van der Waals surface area contributed by atoms with E-state index in [1.165, 1.54) is 4.90 Å². The van der Waals surface area contributed by atoms with Crippen molar-refractivity contribution in [2.75, 3.05) is 39.4 Å². The van der Waals surface area contributed by atoms with E-state index < -0.39 is 18.4 Å². The maximum absolute atomic E-state index is 13.6. The number of esters is 2. The Kier molecular flexibility index (Phi) is 8.61. The molecular formula is C20H34F2N2O4.